The fourth-order valence-electron chi connectivity index (χ4n) is 1.95. The Hall–Kier alpha value is -2.19. The summed E-state index contributed by atoms with van der Waals surface area (Å²) in [5.74, 6) is -0.300. The second-order valence-corrected chi connectivity index (χ2v) is 5.04. The number of hydrogen-bond acceptors (Lipinski definition) is 4. The summed E-state index contributed by atoms with van der Waals surface area (Å²) in [7, 11) is 0. The van der Waals surface area contributed by atoms with Gasteiger partial charge in [-0.2, -0.15) is 5.26 Å². The average Bonchev–Trinajstić information content (AvgIpc) is 2.46. The van der Waals surface area contributed by atoms with E-state index in [2.05, 4.69) is 11.4 Å². The highest BCUT2D eigenvalue weighted by molar-refractivity contribution is 5.97. The number of rotatable bonds is 7. The van der Waals surface area contributed by atoms with E-state index in [0.29, 0.717) is 24.3 Å². The van der Waals surface area contributed by atoms with Gasteiger partial charge in [-0.1, -0.05) is 19.1 Å². The maximum atomic E-state index is 12.0. The van der Waals surface area contributed by atoms with Gasteiger partial charge in [0, 0.05) is 17.8 Å². The molecule has 1 N–H and O–H groups in total. The molecule has 0 fully saturated rings. The highest BCUT2D eigenvalue weighted by Crippen LogP contribution is 2.11. The summed E-state index contributed by atoms with van der Waals surface area (Å²) in [5, 5.41) is 11.6. The molecule has 0 bridgehead atoms. The van der Waals surface area contributed by atoms with Crippen LogP contribution in [0.25, 0.3) is 0 Å². The van der Waals surface area contributed by atoms with Gasteiger partial charge in [0.15, 0.2) is 5.78 Å². The molecule has 5 heteroatoms. The van der Waals surface area contributed by atoms with Crippen LogP contribution in [0.4, 0.5) is 5.69 Å². The molecule has 112 valence electrons. The third-order valence-electron chi connectivity index (χ3n) is 3.12. The van der Waals surface area contributed by atoms with E-state index in [-0.39, 0.29) is 24.2 Å². The number of nitriles is 1. The van der Waals surface area contributed by atoms with Crippen molar-refractivity contribution in [2.45, 2.75) is 20.8 Å². The van der Waals surface area contributed by atoms with Crippen molar-refractivity contribution >= 4 is 17.4 Å². The topological polar surface area (TPSA) is 73.2 Å². The summed E-state index contributed by atoms with van der Waals surface area (Å²) in [5.41, 5.74) is 1.18. The van der Waals surface area contributed by atoms with E-state index in [1.54, 1.807) is 24.3 Å². The zero-order valence-electron chi connectivity index (χ0n) is 12.7. The maximum Gasteiger partial charge on any atom is 0.238 e. The number of nitrogens with one attached hydrogen (secondary N) is 1. The van der Waals surface area contributed by atoms with Crippen molar-refractivity contribution in [3.05, 3.63) is 29.8 Å². The average molecular weight is 287 g/mol. The normalized spacial score (nSPS) is 11.8. The zero-order chi connectivity index (χ0) is 15.8. The van der Waals surface area contributed by atoms with Gasteiger partial charge in [0.1, 0.15) is 0 Å². The molecule has 21 heavy (non-hydrogen) atoms. The van der Waals surface area contributed by atoms with Crippen LogP contribution < -0.4 is 5.32 Å². The first-order valence-corrected chi connectivity index (χ1v) is 6.99. The van der Waals surface area contributed by atoms with Gasteiger partial charge in [-0.05, 0) is 32.5 Å². The number of Topliss-reactive ketones (excluding diaryl/α,β-unsaturated/α-hetero) is 1. The molecular weight excluding hydrogens is 266 g/mol. The standard InChI is InChI=1S/C16H21N3O2/c1-4-19(10-12(2)9-17)11-16(21)18-15-7-5-6-14(8-15)13(3)20/h5-8,12H,4,10-11H2,1-3H3,(H,18,21). The molecule has 0 radical (unpaired) electrons. The monoisotopic (exact) mass is 287 g/mol. The van der Waals surface area contributed by atoms with Crippen LogP contribution in [0.1, 0.15) is 31.1 Å². The minimum Gasteiger partial charge on any atom is -0.325 e. The lowest BCUT2D eigenvalue weighted by molar-refractivity contribution is -0.117. The molecule has 1 unspecified atom stereocenters. The fourth-order valence-corrected chi connectivity index (χ4v) is 1.95. The smallest absolute Gasteiger partial charge is 0.238 e. The predicted molar refractivity (Wildman–Crippen MR) is 82.0 cm³/mol. The Balaban J connectivity index is 2.62. The molecule has 0 aliphatic carbocycles. The summed E-state index contributed by atoms with van der Waals surface area (Å²) in [6.45, 7) is 6.77. The minimum atomic E-state index is -0.150. The van der Waals surface area contributed by atoms with Crippen LogP contribution in [0.2, 0.25) is 0 Å². The molecule has 1 rings (SSSR count). The summed E-state index contributed by atoms with van der Waals surface area (Å²) in [6, 6.07) is 9.02. The van der Waals surface area contributed by atoms with Crippen molar-refractivity contribution in [2.24, 2.45) is 5.92 Å². The Morgan fingerprint density at radius 2 is 2.14 bits per heavy atom. The predicted octanol–water partition coefficient (Wildman–Crippen LogP) is 2.31. The first kappa shape index (κ1) is 16.9. The van der Waals surface area contributed by atoms with E-state index in [1.165, 1.54) is 6.92 Å². The quantitative estimate of drug-likeness (QED) is 0.781. The van der Waals surface area contributed by atoms with Gasteiger partial charge in [0.25, 0.3) is 0 Å². The van der Waals surface area contributed by atoms with E-state index in [4.69, 9.17) is 5.26 Å². The second-order valence-electron chi connectivity index (χ2n) is 5.04. The molecular formula is C16H21N3O2. The molecule has 0 spiro atoms. The Kier molecular flexibility index (Phi) is 6.57. The van der Waals surface area contributed by atoms with Crippen LogP contribution >= 0.6 is 0 Å². The number of anilines is 1. The first-order valence-electron chi connectivity index (χ1n) is 6.99. The highest BCUT2D eigenvalue weighted by atomic mass is 16.2. The number of amides is 1. The number of ketones is 1. The molecule has 1 aromatic rings. The van der Waals surface area contributed by atoms with Gasteiger partial charge in [-0.25, -0.2) is 0 Å². The summed E-state index contributed by atoms with van der Waals surface area (Å²) >= 11 is 0. The van der Waals surface area contributed by atoms with Gasteiger partial charge < -0.3 is 5.32 Å². The highest BCUT2D eigenvalue weighted by Gasteiger charge is 2.12. The van der Waals surface area contributed by atoms with Gasteiger partial charge in [0.2, 0.25) is 5.91 Å². The van der Waals surface area contributed by atoms with E-state index in [0.717, 1.165) is 0 Å². The van der Waals surface area contributed by atoms with Crippen LogP contribution in [0, 0.1) is 17.2 Å². The third kappa shape index (κ3) is 5.76. The number of likely N-dealkylation sites (N-methyl/N-ethyl adjacent to an activating group) is 1. The summed E-state index contributed by atoms with van der Waals surface area (Å²) in [6.07, 6.45) is 0. The van der Waals surface area contributed by atoms with E-state index >= 15 is 0 Å². The van der Waals surface area contributed by atoms with E-state index < -0.39 is 0 Å². The van der Waals surface area contributed by atoms with Crippen molar-refractivity contribution in [3.8, 4) is 6.07 Å². The Bertz CT molecular complexity index is 549. The summed E-state index contributed by atoms with van der Waals surface area (Å²) in [4.78, 5) is 25.2. The van der Waals surface area contributed by atoms with Gasteiger partial charge in [-0.3, -0.25) is 14.5 Å². The number of nitrogens with zero attached hydrogens (tertiary/aromatic N) is 2. The molecule has 0 aromatic heterocycles. The van der Waals surface area contributed by atoms with Crippen molar-refractivity contribution in [3.63, 3.8) is 0 Å². The zero-order valence-corrected chi connectivity index (χ0v) is 12.7. The molecule has 1 atom stereocenters. The number of hydrogen-bond donors (Lipinski definition) is 1. The lowest BCUT2D eigenvalue weighted by Crippen LogP contribution is -2.35. The van der Waals surface area contributed by atoms with Crippen molar-refractivity contribution < 1.29 is 9.59 Å². The van der Waals surface area contributed by atoms with Gasteiger partial charge in [-0.15, -0.1) is 0 Å². The number of carbonyl (C=O) groups is 2. The number of benzene rings is 1. The second kappa shape index (κ2) is 8.18. The van der Waals surface area contributed by atoms with E-state index in [1.807, 2.05) is 18.7 Å². The summed E-state index contributed by atoms with van der Waals surface area (Å²) < 4.78 is 0. The van der Waals surface area contributed by atoms with Crippen LogP contribution in [0.15, 0.2) is 24.3 Å². The maximum absolute atomic E-state index is 12.0. The van der Waals surface area contributed by atoms with Gasteiger partial charge >= 0.3 is 0 Å². The molecule has 0 aliphatic rings. The minimum absolute atomic E-state index is 0.0378. The first-order chi connectivity index (χ1) is 9.96. The molecule has 0 saturated heterocycles. The van der Waals surface area contributed by atoms with Crippen LogP contribution in [0.3, 0.4) is 0 Å². The van der Waals surface area contributed by atoms with Gasteiger partial charge in [0.05, 0.1) is 18.5 Å². The molecule has 5 nitrogen and oxygen atoms in total. The Morgan fingerprint density at radius 3 is 2.71 bits per heavy atom. The van der Waals surface area contributed by atoms with E-state index in [9.17, 15) is 9.59 Å². The third-order valence-corrected chi connectivity index (χ3v) is 3.12. The largest absolute Gasteiger partial charge is 0.325 e. The lowest BCUT2D eigenvalue weighted by atomic mass is 10.1. The molecule has 1 amide bonds. The Morgan fingerprint density at radius 1 is 1.43 bits per heavy atom. The SMILES string of the molecule is CCN(CC(=O)Nc1cccc(C(C)=O)c1)CC(C)C#N. The van der Waals surface area contributed by atoms with Crippen LogP contribution in [0.5, 0.6) is 0 Å². The molecule has 0 saturated carbocycles. The van der Waals surface area contributed by atoms with Crippen molar-refractivity contribution in [1.29, 1.82) is 5.26 Å². The lowest BCUT2D eigenvalue weighted by Gasteiger charge is -2.20. The number of carbonyl (C=O) groups excluding carboxylic acids is 2. The van der Waals surface area contributed by atoms with Crippen molar-refractivity contribution in [2.75, 3.05) is 25.0 Å². The molecule has 0 heterocycles. The van der Waals surface area contributed by atoms with Crippen molar-refractivity contribution in [1.82, 2.24) is 4.90 Å². The molecule has 0 aliphatic heterocycles. The molecule has 1 aromatic carbocycles. The van der Waals surface area contributed by atoms with Crippen LogP contribution in [-0.4, -0.2) is 36.2 Å². The van der Waals surface area contributed by atoms with Crippen LogP contribution in [-0.2, 0) is 4.79 Å². The fraction of sp³-hybridized carbons (Fsp3) is 0.438. The Labute approximate surface area is 125 Å².